The van der Waals surface area contributed by atoms with E-state index in [9.17, 15) is 13.2 Å². The van der Waals surface area contributed by atoms with Crippen LogP contribution in [0.5, 0.6) is 0 Å². The standard InChI is InChI=1S/C17H25NO3S/c1-13-4-5-15(12-14(13)2)6-7-17(19)18-10-8-16(9-11-18)22(3,20)21/h4-5,12,16H,6-11H2,1-3H3. The second-order valence-corrected chi connectivity index (χ2v) is 8.65. The van der Waals surface area contributed by atoms with Crippen LogP contribution in [0.2, 0.25) is 0 Å². The van der Waals surface area contributed by atoms with Gasteiger partial charge in [-0.3, -0.25) is 4.79 Å². The molecule has 0 spiro atoms. The number of hydrogen-bond acceptors (Lipinski definition) is 3. The number of nitrogens with zero attached hydrogens (tertiary/aromatic N) is 1. The summed E-state index contributed by atoms with van der Waals surface area (Å²) in [6, 6.07) is 6.30. The summed E-state index contributed by atoms with van der Waals surface area (Å²) in [5.41, 5.74) is 3.69. The van der Waals surface area contributed by atoms with Gasteiger partial charge in [0, 0.05) is 25.8 Å². The summed E-state index contributed by atoms with van der Waals surface area (Å²) in [4.78, 5) is 14.1. The summed E-state index contributed by atoms with van der Waals surface area (Å²) in [6.45, 7) is 5.28. The van der Waals surface area contributed by atoms with E-state index in [1.165, 1.54) is 22.9 Å². The van der Waals surface area contributed by atoms with E-state index < -0.39 is 9.84 Å². The van der Waals surface area contributed by atoms with Crippen molar-refractivity contribution >= 4 is 15.7 Å². The van der Waals surface area contributed by atoms with Gasteiger partial charge in [-0.05, 0) is 49.8 Å². The third-order valence-electron chi connectivity index (χ3n) is 4.60. The lowest BCUT2D eigenvalue weighted by Gasteiger charge is -2.31. The molecule has 22 heavy (non-hydrogen) atoms. The van der Waals surface area contributed by atoms with Gasteiger partial charge in [-0.15, -0.1) is 0 Å². The van der Waals surface area contributed by atoms with Crippen molar-refractivity contribution < 1.29 is 13.2 Å². The van der Waals surface area contributed by atoms with Gasteiger partial charge in [-0.2, -0.15) is 0 Å². The van der Waals surface area contributed by atoms with Crippen molar-refractivity contribution in [1.82, 2.24) is 4.90 Å². The van der Waals surface area contributed by atoms with E-state index in [1.807, 2.05) is 4.90 Å². The molecule has 1 heterocycles. The average Bonchev–Trinajstić information content (AvgIpc) is 2.47. The highest BCUT2D eigenvalue weighted by Gasteiger charge is 2.28. The topological polar surface area (TPSA) is 54.5 Å². The molecule has 0 aromatic heterocycles. The third kappa shape index (κ3) is 4.32. The van der Waals surface area contributed by atoms with E-state index in [4.69, 9.17) is 0 Å². The highest BCUT2D eigenvalue weighted by molar-refractivity contribution is 7.91. The van der Waals surface area contributed by atoms with Crippen molar-refractivity contribution in [3.63, 3.8) is 0 Å². The minimum atomic E-state index is -2.98. The Balaban J connectivity index is 1.85. The Labute approximate surface area is 133 Å². The maximum Gasteiger partial charge on any atom is 0.222 e. The fraction of sp³-hybridized carbons (Fsp3) is 0.588. The van der Waals surface area contributed by atoms with Gasteiger partial charge in [0.2, 0.25) is 5.91 Å². The minimum absolute atomic E-state index is 0.130. The molecule has 0 saturated carbocycles. The van der Waals surface area contributed by atoms with E-state index in [2.05, 4.69) is 32.0 Å². The highest BCUT2D eigenvalue weighted by atomic mass is 32.2. The van der Waals surface area contributed by atoms with Crippen LogP contribution in [0.15, 0.2) is 18.2 Å². The van der Waals surface area contributed by atoms with Crippen LogP contribution in [0.1, 0.15) is 36.0 Å². The fourth-order valence-electron chi connectivity index (χ4n) is 2.90. The molecule has 1 aromatic carbocycles. The maximum absolute atomic E-state index is 12.3. The van der Waals surface area contributed by atoms with Crippen molar-refractivity contribution in [3.8, 4) is 0 Å². The first-order chi connectivity index (χ1) is 10.3. The van der Waals surface area contributed by atoms with Crippen LogP contribution in [0.4, 0.5) is 0 Å². The average molecular weight is 323 g/mol. The zero-order valence-corrected chi connectivity index (χ0v) is 14.4. The first kappa shape index (κ1) is 17.0. The molecular weight excluding hydrogens is 298 g/mol. The number of sulfone groups is 1. The Morgan fingerprint density at radius 3 is 2.36 bits per heavy atom. The predicted molar refractivity (Wildman–Crippen MR) is 88.7 cm³/mol. The quantitative estimate of drug-likeness (QED) is 0.854. The lowest BCUT2D eigenvalue weighted by molar-refractivity contribution is -0.132. The Kier molecular flexibility index (Phi) is 5.27. The molecule has 0 atom stereocenters. The SMILES string of the molecule is Cc1ccc(CCC(=O)N2CCC(S(C)(=O)=O)CC2)cc1C. The summed E-state index contributed by atoms with van der Waals surface area (Å²) >= 11 is 0. The molecule has 1 aliphatic rings. The molecule has 0 radical (unpaired) electrons. The number of likely N-dealkylation sites (tertiary alicyclic amines) is 1. The maximum atomic E-state index is 12.3. The van der Waals surface area contributed by atoms with E-state index in [0.717, 1.165) is 6.42 Å². The predicted octanol–water partition coefficient (Wildman–Crippen LogP) is 2.27. The molecular formula is C17H25NO3S. The molecule has 0 unspecified atom stereocenters. The van der Waals surface area contributed by atoms with E-state index >= 15 is 0 Å². The Bertz CT molecular complexity index is 644. The van der Waals surface area contributed by atoms with Crippen LogP contribution >= 0.6 is 0 Å². The van der Waals surface area contributed by atoms with E-state index in [-0.39, 0.29) is 11.2 Å². The third-order valence-corrected chi connectivity index (χ3v) is 6.28. The van der Waals surface area contributed by atoms with Gasteiger partial charge < -0.3 is 4.90 Å². The van der Waals surface area contributed by atoms with Crippen LogP contribution in [-0.4, -0.2) is 43.8 Å². The minimum Gasteiger partial charge on any atom is -0.343 e. The molecule has 5 heteroatoms. The van der Waals surface area contributed by atoms with Crippen molar-refractivity contribution in [2.24, 2.45) is 0 Å². The largest absolute Gasteiger partial charge is 0.343 e. The first-order valence-electron chi connectivity index (χ1n) is 7.80. The normalized spacial score (nSPS) is 16.8. The van der Waals surface area contributed by atoms with Gasteiger partial charge >= 0.3 is 0 Å². The van der Waals surface area contributed by atoms with Gasteiger partial charge in [0.1, 0.15) is 9.84 Å². The number of benzene rings is 1. The zero-order valence-electron chi connectivity index (χ0n) is 13.6. The molecule has 1 fully saturated rings. The Morgan fingerprint density at radius 1 is 1.18 bits per heavy atom. The number of amides is 1. The van der Waals surface area contributed by atoms with E-state index in [0.29, 0.717) is 32.4 Å². The summed E-state index contributed by atoms with van der Waals surface area (Å²) in [5, 5.41) is -0.281. The second kappa shape index (κ2) is 6.82. The fourth-order valence-corrected chi connectivity index (χ4v) is 3.97. The van der Waals surface area contributed by atoms with Crippen molar-refractivity contribution in [2.45, 2.75) is 44.8 Å². The molecule has 0 aliphatic carbocycles. The van der Waals surface area contributed by atoms with E-state index in [1.54, 1.807) is 0 Å². The monoisotopic (exact) mass is 323 g/mol. The summed E-state index contributed by atoms with van der Waals surface area (Å²) in [6.07, 6.45) is 3.65. The van der Waals surface area contributed by atoms with Crippen LogP contribution in [0.25, 0.3) is 0 Å². The van der Waals surface area contributed by atoms with Crippen molar-refractivity contribution in [3.05, 3.63) is 34.9 Å². The number of hydrogen-bond donors (Lipinski definition) is 0. The number of rotatable bonds is 4. The molecule has 122 valence electrons. The van der Waals surface area contributed by atoms with Crippen LogP contribution < -0.4 is 0 Å². The number of aryl methyl sites for hydroxylation is 3. The molecule has 0 N–H and O–H groups in total. The number of carbonyl (C=O) groups excluding carboxylic acids is 1. The van der Waals surface area contributed by atoms with Gasteiger partial charge in [0.25, 0.3) is 0 Å². The molecule has 0 bridgehead atoms. The molecule has 1 aliphatic heterocycles. The van der Waals surface area contributed by atoms with Crippen LogP contribution in [0.3, 0.4) is 0 Å². The van der Waals surface area contributed by atoms with Gasteiger partial charge in [0.15, 0.2) is 0 Å². The molecule has 1 amide bonds. The number of piperidine rings is 1. The molecule has 1 aromatic rings. The zero-order chi connectivity index (χ0) is 16.3. The summed E-state index contributed by atoms with van der Waals surface area (Å²) in [7, 11) is -2.98. The van der Waals surface area contributed by atoms with Crippen LogP contribution in [0, 0.1) is 13.8 Å². The van der Waals surface area contributed by atoms with Crippen molar-refractivity contribution in [1.29, 1.82) is 0 Å². The molecule has 4 nitrogen and oxygen atoms in total. The molecule has 1 saturated heterocycles. The Hall–Kier alpha value is -1.36. The van der Waals surface area contributed by atoms with Crippen LogP contribution in [-0.2, 0) is 21.1 Å². The number of carbonyl (C=O) groups is 1. The van der Waals surface area contributed by atoms with Gasteiger partial charge in [0.05, 0.1) is 5.25 Å². The van der Waals surface area contributed by atoms with Crippen molar-refractivity contribution in [2.75, 3.05) is 19.3 Å². The summed E-state index contributed by atoms with van der Waals surface area (Å²) in [5.74, 6) is 0.130. The first-order valence-corrected chi connectivity index (χ1v) is 9.75. The lowest BCUT2D eigenvalue weighted by Crippen LogP contribution is -2.42. The smallest absolute Gasteiger partial charge is 0.222 e. The second-order valence-electron chi connectivity index (χ2n) is 6.33. The molecule has 2 rings (SSSR count). The summed E-state index contributed by atoms with van der Waals surface area (Å²) < 4.78 is 23.1. The lowest BCUT2D eigenvalue weighted by atomic mass is 10.0. The van der Waals surface area contributed by atoms with Gasteiger partial charge in [-0.1, -0.05) is 18.2 Å². The highest BCUT2D eigenvalue weighted by Crippen LogP contribution is 2.18. The van der Waals surface area contributed by atoms with Gasteiger partial charge in [-0.25, -0.2) is 8.42 Å². The Morgan fingerprint density at radius 2 is 1.82 bits per heavy atom.